The highest BCUT2D eigenvalue weighted by Gasteiger charge is 2.85. The third kappa shape index (κ3) is 7.24. The van der Waals surface area contributed by atoms with E-state index >= 15 is 0 Å². The number of nitrogens with zero attached hydrogens (tertiary/aromatic N) is 1. The van der Waals surface area contributed by atoms with Gasteiger partial charge in [0.2, 0.25) is 0 Å². The van der Waals surface area contributed by atoms with E-state index in [1.54, 1.807) is 0 Å². The number of aryl methyl sites for hydroxylation is 1. The summed E-state index contributed by atoms with van der Waals surface area (Å²) in [6, 6.07) is 6.37. The minimum atomic E-state index is -6.73. The summed E-state index contributed by atoms with van der Waals surface area (Å²) in [6.07, 6.45) is -13.5. The molecule has 0 N–H and O–H groups in total. The molecule has 0 spiro atoms. The fourth-order valence-corrected chi connectivity index (χ4v) is 7.97. The largest absolute Gasteiger partial charge is 0.492 e. The predicted octanol–water partition coefficient (Wildman–Crippen LogP) is 8.87. The van der Waals surface area contributed by atoms with Crippen molar-refractivity contribution < 1.29 is 53.7 Å². The molecule has 0 heterocycles. The van der Waals surface area contributed by atoms with Crippen molar-refractivity contribution >= 4 is 0 Å². The molecule has 0 bridgehead atoms. The summed E-state index contributed by atoms with van der Waals surface area (Å²) < 4.78 is 134. The lowest BCUT2D eigenvalue weighted by atomic mass is 9.55. The van der Waals surface area contributed by atoms with Gasteiger partial charge in [0.25, 0.3) is 0 Å². The molecule has 0 amide bonds. The van der Waals surface area contributed by atoms with Gasteiger partial charge >= 0.3 is 24.1 Å². The van der Waals surface area contributed by atoms with Gasteiger partial charge in [0.05, 0.1) is 12.7 Å². The van der Waals surface area contributed by atoms with Crippen molar-refractivity contribution in [3.8, 4) is 5.75 Å². The number of unbranched alkanes of at least 4 members (excludes halogenated alkanes) is 1. The molecule has 0 saturated heterocycles. The summed E-state index contributed by atoms with van der Waals surface area (Å²) >= 11 is 0. The average molecular weight is 662 g/mol. The van der Waals surface area contributed by atoms with Gasteiger partial charge < -0.3 is 19.1 Å². The highest BCUT2D eigenvalue weighted by Crippen LogP contribution is 2.62. The van der Waals surface area contributed by atoms with E-state index in [0.717, 1.165) is 63.8 Å². The van der Waals surface area contributed by atoms with E-state index in [2.05, 4.69) is 42.7 Å². The van der Waals surface area contributed by atoms with Gasteiger partial charge in [0.15, 0.2) is 0 Å². The Morgan fingerprint density at radius 1 is 0.844 bits per heavy atom. The van der Waals surface area contributed by atoms with Gasteiger partial charge in [-0.2, -0.15) is 39.5 Å². The third-order valence-electron chi connectivity index (χ3n) is 10.4. The Labute approximate surface area is 258 Å². The Morgan fingerprint density at radius 2 is 1.53 bits per heavy atom. The molecule has 0 unspecified atom stereocenters. The average Bonchev–Trinajstić information content (AvgIpc) is 3.27. The van der Waals surface area contributed by atoms with Crippen LogP contribution in [-0.4, -0.2) is 75.1 Å². The molecule has 13 heteroatoms. The fourth-order valence-electron chi connectivity index (χ4n) is 7.97. The van der Waals surface area contributed by atoms with Crippen LogP contribution in [0, 0.1) is 17.3 Å². The first-order valence-corrected chi connectivity index (χ1v) is 15.9. The van der Waals surface area contributed by atoms with Gasteiger partial charge in [-0.3, -0.25) is 0 Å². The molecular weight excluding hydrogens is 617 g/mol. The first-order chi connectivity index (χ1) is 21.0. The van der Waals surface area contributed by atoms with Gasteiger partial charge in [-0.1, -0.05) is 26.3 Å². The Balaban J connectivity index is 1.31. The number of alkyl halides is 9. The van der Waals surface area contributed by atoms with Gasteiger partial charge in [0, 0.05) is 13.2 Å². The fraction of sp³-hybridized carbons (Fsp3) is 0.812. The lowest BCUT2D eigenvalue weighted by molar-refractivity contribution is -0.457. The molecule has 4 rings (SSSR count). The summed E-state index contributed by atoms with van der Waals surface area (Å²) in [5.41, 5.74) is -3.84. The lowest BCUT2D eigenvalue weighted by Crippen LogP contribution is -2.67. The van der Waals surface area contributed by atoms with E-state index in [9.17, 15) is 39.5 Å². The second-order valence-electron chi connectivity index (χ2n) is 13.1. The van der Waals surface area contributed by atoms with Crippen molar-refractivity contribution in [3.63, 3.8) is 0 Å². The molecule has 1 aromatic rings. The van der Waals surface area contributed by atoms with Gasteiger partial charge in [0.1, 0.15) is 12.4 Å². The normalized spacial score (nSPS) is 27.3. The Morgan fingerprint density at radius 3 is 2.18 bits per heavy atom. The van der Waals surface area contributed by atoms with Crippen molar-refractivity contribution in [1.29, 1.82) is 0 Å². The van der Waals surface area contributed by atoms with Crippen LogP contribution in [0.2, 0.25) is 0 Å². The minimum Gasteiger partial charge on any atom is -0.492 e. The van der Waals surface area contributed by atoms with Crippen molar-refractivity contribution in [2.75, 3.05) is 40.0 Å². The highest BCUT2D eigenvalue weighted by molar-refractivity contribution is 5.40. The zero-order chi connectivity index (χ0) is 33.3. The van der Waals surface area contributed by atoms with Crippen LogP contribution in [0.1, 0.15) is 82.3 Å². The number of halogens is 9. The quantitative estimate of drug-likeness (QED) is 0.156. The first kappa shape index (κ1) is 36.1. The van der Waals surface area contributed by atoms with Crippen molar-refractivity contribution in [3.05, 3.63) is 29.3 Å². The monoisotopic (exact) mass is 661 g/mol. The lowest BCUT2D eigenvalue weighted by Gasteiger charge is -2.50. The second kappa shape index (κ2) is 13.8. The summed E-state index contributed by atoms with van der Waals surface area (Å²) in [5.74, 6) is 1.99. The number of ether oxygens (including phenoxy) is 3. The van der Waals surface area contributed by atoms with Crippen molar-refractivity contribution in [2.24, 2.45) is 17.3 Å². The van der Waals surface area contributed by atoms with Crippen LogP contribution in [0.15, 0.2) is 18.2 Å². The van der Waals surface area contributed by atoms with E-state index < -0.39 is 37.2 Å². The molecule has 45 heavy (non-hydrogen) atoms. The zero-order valence-electron chi connectivity index (χ0n) is 26.0. The van der Waals surface area contributed by atoms with Crippen LogP contribution in [0.4, 0.5) is 39.5 Å². The molecular formula is C32H44F9NO3. The molecule has 0 radical (unpaired) electrons. The van der Waals surface area contributed by atoms with Crippen molar-refractivity contribution in [2.45, 2.75) is 108 Å². The van der Waals surface area contributed by atoms with Crippen LogP contribution in [0.25, 0.3) is 0 Å². The molecule has 3 aliphatic rings. The van der Waals surface area contributed by atoms with Crippen molar-refractivity contribution in [1.82, 2.24) is 4.90 Å². The van der Waals surface area contributed by atoms with E-state index in [1.165, 1.54) is 11.1 Å². The zero-order valence-corrected chi connectivity index (χ0v) is 26.0. The topological polar surface area (TPSA) is 30.9 Å². The summed E-state index contributed by atoms with van der Waals surface area (Å²) in [7, 11) is 2.09. The molecule has 0 aromatic heterocycles. The van der Waals surface area contributed by atoms with Crippen LogP contribution in [0.3, 0.4) is 0 Å². The van der Waals surface area contributed by atoms with E-state index in [-0.39, 0.29) is 18.1 Å². The van der Waals surface area contributed by atoms with E-state index in [4.69, 9.17) is 9.47 Å². The Hall–Kier alpha value is -1.73. The summed E-state index contributed by atoms with van der Waals surface area (Å²) in [6.45, 7) is 5.09. The van der Waals surface area contributed by atoms with Gasteiger partial charge in [-0.15, -0.1) is 0 Å². The standard InChI is InChI=1S/C32H44F9NO3/c1-4-5-15-42(3)16-19-43-22-8-10-23-21(20-22)7-9-25-24(23)13-14-28(2)26(25)11-12-27(28)44-17-6-18-45-29(30(33,34)35,31(36,37)38)32(39,40)41/h8,10,20,24-27H,4-7,9,11-19H2,1-3H3/t24-,25-,26+,27+,28+/m1/s1. The summed E-state index contributed by atoms with van der Waals surface area (Å²) in [4.78, 5) is 2.26. The number of likely N-dealkylation sites (N-methyl/N-ethyl adjacent to an activating group) is 1. The number of benzene rings is 1. The van der Waals surface area contributed by atoms with E-state index in [0.29, 0.717) is 30.8 Å². The molecule has 2 saturated carbocycles. The molecule has 0 aliphatic heterocycles. The number of rotatable bonds is 13. The van der Waals surface area contributed by atoms with Crippen LogP contribution in [-0.2, 0) is 15.9 Å². The number of hydrogen-bond acceptors (Lipinski definition) is 4. The summed E-state index contributed by atoms with van der Waals surface area (Å²) in [5, 5.41) is 0. The molecule has 2 fully saturated rings. The maximum Gasteiger partial charge on any atom is 0.435 e. The molecule has 4 nitrogen and oxygen atoms in total. The number of fused-ring (bicyclic) bond motifs is 5. The SMILES string of the molecule is CCCCN(C)CCOc1ccc2c(c1)CC[C@@H]1[C@@H]2CC[C@]2(C)[C@@H](OCCCOC(C(F)(F)F)(C(F)(F)F)C(F)(F)F)CC[C@@H]12. The second-order valence-corrected chi connectivity index (χ2v) is 13.1. The van der Waals surface area contributed by atoms with Crippen LogP contribution in [0.5, 0.6) is 5.75 Å². The predicted molar refractivity (Wildman–Crippen MR) is 150 cm³/mol. The Bertz CT molecular complexity index is 1090. The highest BCUT2D eigenvalue weighted by atomic mass is 19.4. The van der Waals surface area contributed by atoms with E-state index in [1.807, 2.05) is 6.07 Å². The smallest absolute Gasteiger partial charge is 0.435 e. The maximum atomic E-state index is 13.1. The van der Waals surface area contributed by atoms with Gasteiger partial charge in [-0.25, -0.2) is 0 Å². The molecule has 1 aromatic carbocycles. The maximum absolute atomic E-state index is 13.1. The van der Waals surface area contributed by atoms with Crippen LogP contribution < -0.4 is 4.74 Å². The van der Waals surface area contributed by atoms with Gasteiger partial charge in [-0.05, 0) is 111 Å². The molecule has 258 valence electrons. The first-order valence-electron chi connectivity index (χ1n) is 15.9. The number of hydrogen-bond donors (Lipinski definition) is 0. The third-order valence-corrected chi connectivity index (χ3v) is 10.4. The molecule has 3 aliphatic carbocycles. The molecule has 5 atom stereocenters. The Kier molecular flexibility index (Phi) is 11.1. The minimum absolute atomic E-state index is 0.236. The van der Waals surface area contributed by atoms with Crippen LogP contribution >= 0.6 is 0 Å².